The van der Waals surface area contributed by atoms with Gasteiger partial charge in [0.25, 0.3) is 0 Å². The summed E-state index contributed by atoms with van der Waals surface area (Å²) in [5, 5.41) is 7.18. The third-order valence-electron chi connectivity index (χ3n) is 3.60. The monoisotopic (exact) mass is 212 g/mol. The fourth-order valence-electron chi connectivity index (χ4n) is 2.66. The van der Waals surface area contributed by atoms with Gasteiger partial charge >= 0.3 is 0 Å². The Morgan fingerprint density at radius 1 is 1.20 bits per heavy atom. The van der Waals surface area contributed by atoms with E-state index in [-0.39, 0.29) is 0 Å². The van der Waals surface area contributed by atoms with Crippen molar-refractivity contribution in [2.75, 3.05) is 19.7 Å². The van der Waals surface area contributed by atoms with Crippen LogP contribution in [0.1, 0.15) is 39.0 Å². The van der Waals surface area contributed by atoms with Gasteiger partial charge in [-0.15, -0.1) is 0 Å². The van der Waals surface area contributed by atoms with E-state index in [1.807, 2.05) is 0 Å². The second kappa shape index (κ2) is 5.83. The minimum Gasteiger partial charge on any atom is -0.377 e. The van der Waals surface area contributed by atoms with E-state index in [0.717, 1.165) is 13.2 Å². The Morgan fingerprint density at radius 2 is 2.13 bits per heavy atom. The first-order chi connectivity index (χ1) is 7.36. The van der Waals surface area contributed by atoms with Gasteiger partial charge in [-0.25, -0.2) is 0 Å². The summed E-state index contributed by atoms with van der Waals surface area (Å²) in [6, 6.07) is 1.22. The highest BCUT2D eigenvalue weighted by Gasteiger charge is 2.24. The molecule has 2 aliphatic heterocycles. The average molecular weight is 212 g/mol. The van der Waals surface area contributed by atoms with Crippen LogP contribution in [0.2, 0.25) is 0 Å². The van der Waals surface area contributed by atoms with Crippen molar-refractivity contribution < 1.29 is 4.74 Å². The van der Waals surface area contributed by atoms with E-state index >= 15 is 0 Å². The summed E-state index contributed by atoms with van der Waals surface area (Å²) in [7, 11) is 0. The third-order valence-corrected chi connectivity index (χ3v) is 3.60. The molecule has 0 aromatic heterocycles. The molecule has 0 aromatic rings. The van der Waals surface area contributed by atoms with Gasteiger partial charge < -0.3 is 15.4 Å². The number of nitrogens with one attached hydrogen (secondary N) is 2. The van der Waals surface area contributed by atoms with Crippen LogP contribution >= 0.6 is 0 Å². The fraction of sp³-hybridized carbons (Fsp3) is 1.00. The molecule has 2 rings (SSSR count). The Bertz CT molecular complexity index is 172. The highest BCUT2D eigenvalue weighted by Crippen LogP contribution is 2.17. The van der Waals surface area contributed by atoms with E-state index in [1.54, 1.807) is 0 Å². The van der Waals surface area contributed by atoms with E-state index < -0.39 is 0 Å². The summed E-state index contributed by atoms with van der Waals surface area (Å²) < 4.78 is 5.71. The Balaban J connectivity index is 1.73. The molecule has 3 nitrogen and oxygen atoms in total. The maximum atomic E-state index is 5.71. The van der Waals surface area contributed by atoms with E-state index in [0.29, 0.717) is 18.2 Å². The highest BCUT2D eigenvalue weighted by atomic mass is 16.5. The molecule has 3 atom stereocenters. The Kier molecular flexibility index (Phi) is 4.42. The maximum Gasteiger partial charge on any atom is 0.0726 e. The maximum absolute atomic E-state index is 5.71. The minimum absolute atomic E-state index is 0.459. The van der Waals surface area contributed by atoms with Crippen molar-refractivity contribution in [3.8, 4) is 0 Å². The zero-order chi connectivity index (χ0) is 10.5. The summed E-state index contributed by atoms with van der Waals surface area (Å²) in [6.07, 6.45) is 6.81. The molecule has 15 heavy (non-hydrogen) atoms. The second-order valence-electron chi connectivity index (χ2n) is 4.88. The largest absolute Gasteiger partial charge is 0.377 e. The average Bonchev–Trinajstić information content (AvgIpc) is 2.65. The van der Waals surface area contributed by atoms with Crippen LogP contribution in [0.25, 0.3) is 0 Å². The molecule has 3 heteroatoms. The topological polar surface area (TPSA) is 33.3 Å². The molecular weight excluding hydrogens is 188 g/mol. The van der Waals surface area contributed by atoms with Crippen molar-refractivity contribution in [3.63, 3.8) is 0 Å². The van der Waals surface area contributed by atoms with Crippen LogP contribution in [-0.4, -0.2) is 37.9 Å². The Hall–Kier alpha value is -0.120. The Labute approximate surface area is 93.0 Å². The van der Waals surface area contributed by atoms with Crippen LogP contribution in [0.15, 0.2) is 0 Å². The zero-order valence-electron chi connectivity index (χ0n) is 9.80. The van der Waals surface area contributed by atoms with Gasteiger partial charge in [0.1, 0.15) is 0 Å². The van der Waals surface area contributed by atoms with Crippen molar-refractivity contribution in [2.45, 2.75) is 57.2 Å². The lowest BCUT2D eigenvalue weighted by Crippen LogP contribution is -2.43. The van der Waals surface area contributed by atoms with E-state index in [1.165, 1.54) is 38.6 Å². The normalized spacial score (nSPS) is 35.0. The molecule has 3 unspecified atom stereocenters. The van der Waals surface area contributed by atoms with Crippen LogP contribution in [0.4, 0.5) is 0 Å². The van der Waals surface area contributed by atoms with Gasteiger partial charge in [0.05, 0.1) is 6.10 Å². The smallest absolute Gasteiger partial charge is 0.0726 e. The molecule has 0 radical (unpaired) electrons. The van der Waals surface area contributed by atoms with Gasteiger partial charge in [-0.1, -0.05) is 0 Å². The summed E-state index contributed by atoms with van der Waals surface area (Å²) >= 11 is 0. The molecule has 0 saturated carbocycles. The minimum atomic E-state index is 0.459. The summed E-state index contributed by atoms with van der Waals surface area (Å²) in [5.74, 6) is 0. The van der Waals surface area contributed by atoms with Gasteiger partial charge in [-0.2, -0.15) is 0 Å². The quantitative estimate of drug-likeness (QED) is 0.739. The molecule has 0 bridgehead atoms. The van der Waals surface area contributed by atoms with Crippen LogP contribution in [0.3, 0.4) is 0 Å². The fourth-order valence-corrected chi connectivity index (χ4v) is 2.66. The number of hydrogen-bond acceptors (Lipinski definition) is 3. The Morgan fingerprint density at radius 3 is 2.93 bits per heavy atom. The van der Waals surface area contributed by atoms with Crippen molar-refractivity contribution in [2.24, 2.45) is 0 Å². The third kappa shape index (κ3) is 3.44. The molecule has 0 amide bonds. The van der Waals surface area contributed by atoms with E-state index in [4.69, 9.17) is 4.74 Å². The first-order valence-electron chi connectivity index (χ1n) is 6.44. The van der Waals surface area contributed by atoms with Crippen molar-refractivity contribution >= 4 is 0 Å². The molecular formula is C12H24N2O. The standard InChI is InChI=1S/C12H24N2O/c1-10(12-5-3-9-15-12)14-11-4-2-7-13-8-6-11/h10-14H,2-9H2,1H3. The predicted octanol–water partition coefficient (Wildman–Crippen LogP) is 1.29. The lowest BCUT2D eigenvalue weighted by Gasteiger charge is -2.25. The van der Waals surface area contributed by atoms with Crippen molar-refractivity contribution in [1.29, 1.82) is 0 Å². The second-order valence-corrected chi connectivity index (χ2v) is 4.88. The molecule has 0 aliphatic carbocycles. The van der Waals surface area contributed by atoms with Crippen LogP contribution in [-0.2, 0) is 4.74 Å². The molecule has 88 valence electrons. The lowest BCUT2D eigenvalue weighted by atomic mass is 10.0. The molecule has 2 saturated heterocycles. The summed E-state index contributed by atoms with van der Waals surface area (Å²) in [5.41, 5.74) is 0. The SMILES string of the molecule is CC(NC1CCCNCC1)C1CCCO1. The first kappa shape index (κ1) is 11.4. The van der Waals surface area contributed by atoms with Gasteiger partial charge in [0.15, 0.2) is 0 Å². The van der Waals surface area contributed by atoms with Crippen LogP contribution in [0.5, 0.6) is 0 Å². The zero-order valence-corrected chi connectivity index (χ0v) is 9.80. The first-order valence-corrected chi connectivity index (χ1v) is 6.44. The molecule has 2 fully saturated rings. The van der Waals surface area contributed by atoms with Crippen LogP contribution < -0.4 is 10.6 Å². The van der Waals surface area contributed by atoms with Crippen molar-refractivity contribution in [3.05, 3.63) is 0 Å². The van der Waals surface area contributed by atoms with Gasteiger partial charge in [-0.3, -0.25) is 0 Å². The predicted molar refractivity (Wildman–Crippen MR) is 62.1 cm³/mol. The molecule has 0 aromatic carbocycles. The molecule has 2 heterocycles. The van der Waals surface area contributed by atoms with Crippen molar-refractivity contribution in [1.82, 2.24) is 10.6 Å². The van der Waals surface area contributed by atoms with Gasteiger partial charge in [0.2, 0.25) is 0 Å². The molecule has 2 N–H and O–H groups in total. The lowest BCUT2D eigenvalue weighted by molar-refractivity contribution is 0.0790. The van der Waals surface area contributed by atoms with Crippen LogP contribution in [0, 0.1) is 0 Å². The molecule has 2 aliphatic rings. The van der Waals surface area contributed by atoms with Gasteiger partial charge in [-0.05, 0) is 52.1 Å². The van der Waals surface area contributed by atoms with Gasteiger partial charge in [0, 0.05) is 18.7 Å². The molecule has 0 spiro atoms. The number of ether oxygens (including phenoxy) is 1. The number of hydrogen-bond donors (Lipinski definition) is 2. The van der Waals surface area contributed by atoms with E-state index in [9.17, 15) is 0 Å². The van der Waals surface area contributed by atoms with E-state index in [2.05, 4.69) is 17.6 Å². The number of rotatable bonds is 3. The summed E-state index contributed by atoms with van der Waals surface area (Å²) in [4.78, 5) is 0. The summed E-state index contributed by atoms with van der Waals surface area (Å²) in [6.45, 7) is 5.58. The highest BCUT2D eigenvalue weighted by molar-refractivity contribution is 4.82.